The number of fused-ring (bicyclic) bond motifs is 12. The van der Waals surface area contributed by atoms with E-state index in [4.69, 9.17) is 19.4 Å². The summed E-state index contributed by atoms with van der Waals surface area (Å²) in [6.07, 6.45) is 0. The molecule has 12 aromatic rings. The number of aromatic nitrogens is 4. The van der Waals surface area contributed by atoms with Crippen LogP contribution in [0.5, 0.6) is 0 Å². The molecular weight excluding hydrogens is 685 g/mol. The van der Waals surface area contributed by atoms with E-state index >= 15 is 0 Å². The van der Waals surface area contributed by atoms with E-state index in [0.717, 1.165) is 66.1 Å². The highest BCUT2D eigenvalue weighted by molar-refractivity contribution is 6.29. The van der Waals surface area contributed by atoms with E-state index in [1.54, 1.807) is 0 Å². The van der Waals surface area contributed by atoms with Gasteiger partial charge in [0.25, 0.3) is 0 Å². The maximum absolute atomic E-state index is 6.89. The van der Waals surface area contributed by atoms with Crippen LogP contribution >= 0.6 is 0 Å². The minimum atomic E-state index is 0.546. The van der Waals surface area contributed by atoms with Gasteiger partial charge in [-0.25, -0.2) is 15.0 Å². The summed E-state index contributed by atoms with van der Waals surface area (Å²) in [5.74, 6) is 1.75. The fourth-order valence-corrected chi connectivity index (χ4v) is 8.68. The number of hydrogen-bond acceptors (Lipinski definition) is 4. The molecule has 260 valence electrons. The summed E-state index contributed by atoms with van der Waals surface area (Å²) in [6.45, 7) is 0. The molecule has 0 saturated heterocycles. The van der Waals surface area contributed by atoms with Gasteiger partial charge in [0.2, 0.25) is 0 Å². The average Bonchev–Trinajstić information content (AvgIpc) is 3.83. The molecule has 0 aliphatic carbocycles. The van der Waals surface area contributed by atoms with E-state index in [9.17, 15) is 0 Å². The molecule has 0 radical (unpaired) electrons. The van der Waals surface area contributed by atoms with Crippen molar-refractivity contribution >= 4 is 76.1 Å². The second-order valence-electron chi connectivity index (χ2n) is 14.4. The largest absolute Gasteiger partial charge is 0.455 e. The van der Waals surface area contributed by atoms with Crippen LogP contribution in [0.3, 0.4) is 0 Å². The molecule has 0 atom stereocenters. The number of benzene rings is 9. The van der Waals surface area contributed by atoms with E-state index in [0.29, 0.717) is 17.5 Å². The first kappa shape index (κ1) is 30.8. The molecule has 5 heteroatoms. The lowest BCUT2D eigenvalue weighted by atomic mass is 10.00. The molecule has 5 nitrogen and oxygen atoms in total. The second kappa shape index (κ2) is 11.9. The highest BCUT2D eigenvalue weighted by atomic mass is 16.3. The van der Waals surface area contributed by atoms with Gasteiger partial charge in [0, 0.05) is 38.4 Å². The Balaban J connectivity index is 1.25. The normalized spacial score (nSPS) is 11.9. The van der Waals surface area contributed by atoms with Crippen LogP contribution < -0.4 is 0 Å². The summed E-state index contributed by atoms with van der Waals surface area (Å²) in [4.78, 5) is 15.5. The summed E-state index contributed by atoms with van der Waals surface area (Å²) in [7, 11) is 0. The van der Waals surface area contributed by atoms with Gasteiger partial charge in [-0.05, 0) is 62.6 Å². The summed E-state index contributed by atoms with van der Waals surface area (Å²) < 4.78 is 9.30. The molecule has 12 rings (SSSR count). The van der Waals surface area contributed by atoms with Crippen LogP contribution in [0, 0.1) is 0 Å². The van der Waals surface area contributed by atoms with Crippen molar-refractivity contribution in [3.8, 4) is 39.9 Å². The van der Waals surface area contributed by atoms with Crippen molar-refractivity contribution < 1.29 is 4.42 Å². The number of rotatable bonds is 4. The first-order chi connectivity index (χ1) is 27.8. The van der Waals surface area contributed by atoms with Crippen LogP contribution in [0.2, 0.25) is 0 Å². The smallest absolute Gasteiger partial charge is 0.167 e. The van der Waals surface area contributed by atoms with Crippen molar-refractivity contribution in [1.82, 2.24) is 19.5 Å². The van der Waals surface area contributed by atoms with E-state index in [1.807, 2.05) is 60.7 Å². The Hall–Kier alpha value is -7.63. The first-order valence-electron chi connectivity index (χ1n) is 18.9. The van der Waals surface area contributed by atoms with Crippen molar-refractivity contribution in [3.63, 3.8) is 0 Å². The van der Waals surface area contributed by atoms with Gasteiger partial charge < -0.3 is 8.98 Å². The monoisotopic (exact) mass is 714 g/mol. The summed E-state index contributed by atoms with van der Waals surface area (Å²) >= 11 is 0. The van der Waals surface area contributed by atoms with Gasteiger partial charge in [-0.15, -0.1) is 0 Å². The molecule has 0 aliphatic rings. The van der Waals surface area contributed by atoms with Crippen LogP contribution in [-0.4, -0.2) is 19.5 Å². The Morgan fingerprint density at radius 2 is 0.839 bits per heavy atom. The van der Waals surface area contributed by atoms with Crippen molar-refractivity contribution in [1.29, 1.82) is 0 Å². The van der Waals surface area contributed by atoms with Crippen molar-refractivity contribution in [2.75, 3.05) is 0 Å². The lowest BCUT2D eigenvalue weighted by Crippen LogP contribution is -2.01. The van der Waals surface area contributed by atoms with Gasteiger partial charge >= 0.3 is 0 Å². The molecular formula is C51H30N4O. The molecule has 0 aliphatic heterocycles. The number of furan rings is 1. The van der Waals surface area contributed by atoms with E-state index < -0.39 is 0 Å². The highest BCUT2D eigenvalue weighted by Crippen LogP contribution is 2.44. The van der Waals surface area contributed by atoms with Gasteiger partial charge in [0.1, 0.15) is 11.2 Å². The molecule has 9 aromatic carbocycles. The Bertz CT molecular complexity index is 3380. The van der Waals surface area contributed by atoms with Gasteiger partial charge in [-0.3, -0.25) is 0 Å². The van der Waals surface area contributed by atoms with Gasteiger partial charge in [-0.1, -0.05) is 152 Å². The quantitative estimate of drug-likeness (QED) is 0.182. The van der Waals surface area contributed by atoms with E-state index in [1.165, 1.54) is 32.3 Å². The topological polar surface area (TPSA) is 56.7 Å². The minimum absolute atomic E-state index is 0.546. The molecule has 0 fully saturated rings. The summed E-state index contributed by atoms with van der Waals surface area (Å²) in [6, 6.07) is 63.9. The Kier molecular flexibility index (Phi) is 6.56. The summed E-state index contributed by atoms with van der Waals surface area (Å²) in [5, 5.41) is 11.7. The zero-order valence-corrected chi connectivity index (χ0v) is 30.0. The van der Waals surface area contributed by atoms with Crippen LogP contribution in [-0.2, 0) is 0 Å². The Morgan fingerprint density at radius 1 is 0.375 bits per heavy atom. The molecule has 0 saturated carbocycles. The molecule has 3 aromatic heterocycles. The lowest BCUT2D eigenvalue weighted by molar-refractivity contribution is 0.669. The van der Waals surface area contributed by atoms with Crippen LogP contribution in [0.25, 0.3) is 116 Å². The minimum Gasteiger partial charge on any atom is -0.455 e. The molecule has 3 heterocycles. The molecule has 56 heavy (non-hydrogen) atoms. The second-order valence-corrected chi connectivity index (χ2v) is 14.4. The third-order valence-corrected chi connectivity index (χ3v) is 11.2. The van der Waals surface area contributed by atoms with Crippen molar-refractivity contribution in [2.45, 2.75) is 0 Å². The van der Waals surface area contributed by atoms with Crippen LogP contribution in [0.4, 0.5) is 0 Å². The third-order valence-electron chi connectivity index (χ3n) is 11.2. The SMILES string of the molecule is c1ccc(-c2nc(-c3ccccc3)nc(-c3cc(-n4c5ccc6ccccc6c5c5c6ccccc6ccc54)cc4c3oc3ccc5ccccc5c34)n2)cc1. The fraction of sp³-hybridized carbons (Fsp3) is 0. The predicted octanol–water partition coefficient (Wildman–Crippen LogP) is 13.3. The number of nitrogens with zero attached hydrogens (tertiary/aromatic N) is 4. The Labute approximate surface area is 320 Å². The lowest BCUT2D eigenvalue weighted by Gasteiger charge is -2.13. The van der Waals surface area contributed by atoms with Gasteiger partial charge in [0.05, 0.1) is 16.6 Å². The van der Waals surface area contributed by atoms with Crippen LogP contribution in [0.15, 0.2) is 186 Å². The maximum atomic E-state index is 6.89. The Morgan fingerprint density at radius 3 is 1.39 bits per heavy atom. The van der Waals surface area contributed by atoms with E-state index in [2.05, 4.69) is 126 Å². The molecule has 0 bridgehead atoms. The standard InChI is InChI=1S/C51H30N4O/c1-3-16-34(17-4-1)49-52-50(35-18-5-2-6-19-35)54-51(53-49)41-30-36(29-40-45-37-20-10-7-15-33(37)25-28-44(45)56-48(40)41)55-42-26-23-31-13-8-11-21-38(31)46(42)47-39-22-12-9-14-32(39)24-27-43(47)55/h1-30H. The zero-order chi connectivity index (χ0) is 36.7. The highest BCUT2D eigenvalue weighted by Gasteiger charge is 2.23. The van der Waals surface area contributed by atoms with Crippen molar-refractivity contribution in [3.05, 3.63) is 182 Å². The third kappa shape index (κ3) is 4.58. The first-order valence-corrected chi connectivity index (χ1v) is 18.9. The number of hydrogen-bond donors (Lipinski definition) is 0. The molecule has 0 unspecified atom stereocenters. The maximum Gasteiger partial charge on any atom is 0.167 e. The summed E-state index contributed by atoms with van der Waals surface area (Å²) in [5.41, 5.74) is 7.43. The van der Waals surface area contributed by atoms with Crippen LogP contribution in [0.1, 0.15) is 0 Å². The molecule has 0 N–H and O–H groups in total. The van der Waals surface area contributed by atoms with Crippen molar-refractivity contribution in [2.24, 2.45) is 0 Å². The average molecular weight is 715 g/mol. The predicted molar refractivity (Wildman–Crippen MR) is 230 cm³/mol. The fourth-order valence-electron chi connectivity index (χ4n) is 8.68. The van der Waals surface area contributed by atoms with Gasteiger partial charge in [-0.2, -0.15) is 0 Å². The van der Waals surface area contributed by atoms with E-state index in [-0.39, 0.29) is 0 Å². The zero-order valence-electron chi connectivity index (χ0n) is 30.0. The molecule has 0 spiro atoms. The molecule has 0 amide bonds. The van der Waals surface area contributed by atoms with Gasteiger partial charge in [0.15, 0.2) is 17.5 Å².